The molecule has 2 fully saturated rings. The first-order valence-corrected chi connectivity index (χ1v) is 47.3. The summed E-state index contributed by atoms with van der Waals surface area (Å²) in [4.78, 5) is 129. The number of carbonyl (C=O) groups is 6. The number of nitrogens with zero attached hydrogens (tertiary/aromatic N) is 7. The molecule has 0 radical (unpaired) electrons. The van der Waals surface area contributed by atoms with Gasteiger partial charge in [-0.3, -0.25) is 84.1 Å². The monoisotopic (exact) mass is 2240 g/mol. The number of ether oxygens (including phenoxy) is 3. The van der Waals surface area contributed by atoms with Gasteiger partial charge in [0.2, 0.25) is 5.91 Å². The van der Waals surface area contributed by atoms with Crippen molar-refractivity contribution in [1.82, 2.24) is 0 Å². The van der Waals surface area contributed by atoms with E-state index in [1.54, 1.807) is 81.6 Å². The molecule has 2 saturated heterocycles. The number of Topliss-reactive ketones (excluding diaryl/α,β-unsaturated/α-hetero) is 1. The molecule has 0 bridgehead atoms. The standard InChI is InChI=1S/C22H25NO3.C18H18N2O5.2C16H15IN2O3.C14H11IN2O3.C12H8Cl2N2O4S/c1-2-3-15-26-20-12-8-18(9-13-20)21(24)16-17-6-10-19(11-7-17)23-14-4-5-22(23)25;1-24-15-5-2-13(3-6-15)18(21)16-12-14(20(22)23)4-7-17(16)19-8-10-25-11-9-19;1-9-4-5-12(8-15(9)19(21)22)16(20)18-14-7-10(2)13(17)6-11(14)3;1-9-8-14(10(2)7-13(9)17)18-16(20)12-5-4-6-15(11(12)3)19(21)22;1-9-7-11(5-6-13(9)15)16-14(18)10-3-2-4-12(8-10)17(19)20;13-11-5-4-8(6-12(11)14)15-21(19,20)10-3-1-2-9(7-10)16(17)18/h6-13H,2-5,14-16H2,1H3;2-7,12H,8-11H2,1H3;2*4-8H,1-3H3,(H,18,20);2-8H,1H3,(H,16,18);1-7,15H. The maximum absolute atomic E-state index is 13.0. The molecule has 2 heterocycles. The van der Waals surface area contributed by atoms with Gasteiger partial charge in [0.25, 0.3) is 56.2 Å². The number of amides is 4. The van der Waals surface area contributed by atoms with Crippen LogP contribution in [-0.2, 0) is 26.0 Å². The Labute approximate surface area is 834 Å². The Morgan fingerprint density at radius 3 is 1.60 bits per heavy atom. The lowest BCUT2D eigenvalue weighted by atomic mass is 10.00. The average Bonchev–Trinajstić information content (AvgIpc) is 0.866. The van der Waals surface area contributed by atoms with Crippen LogP contribution < -0.4 is 39.9 Å². The van der Waals surface area contributed by atoms with E-state index in [-0.39, 0.29) is 95.4 Å². The lowest BCUT2D eigenvalue weighted by molar-refractivity contribution is -0.385. The molecule has 12 aromatic rings. The van der Waals surface area contributed by atoms with Crippen LogP contribution in [0, 0.1) is 110 Å². The van der Waals surface area contributed by atoms with Crippen molar-refractivity contribution in [2.45, 2.75) is 92.4 Å². The van der Waals surface area contributed by atoms with Gasteiger partial charge in [-0.25, -0.2) is 8.42 Å². The van der Waals surface area contributed by atoms with Crippen LogP contribution in [0.25, 0.3) is 0 Å². The number of methoxy groups -OCH3 is 1. The van der Waals surface area contributed by atoms with Gasteiger partial charge in [0.1, 0.15) is 11.5 Å². The highest BCUT2D eigenvalue weighted by Gasteiger charge is 2.27. The van der Waals surface area contributed by atoms with E-state index >= 15 is 0 Å². The summed E-state index contributed by atoms with van der Waals surface area (Å²) in [5.74, 6) is 0.377. The van der Waals surface area contributed by atoms with E-state index in [9.17, 15) is 87.8 Å². The van der Waals surface area contributed by atoms with Gasteiger partial charge in [-0.1, -0.05) is 72.9 Å². The molecule has 0 unspecified atom stereocenters. The van der Waals surface area contributed by atoms with Gasteiger partial charge in [0.15, 0.2) is 11.6 Å². The number of non-ortho nitro benzene ring substituents is 3. The van der Waals surface area contributed by atoms with Crippen molar-refractivity contribution < 1.29 is 76.0 Å². The summed E-state index contributed by atoms with van der Waals surface area (Å²) in [7, 11) is -2.41. The Kier molecular flexibility index (Phi) is 39.4. The summed E-state index contributed by atoms with van der Waals surface area (Å²) < 4.78 is 46.0. The summed E-state index contributed by atoms with van der Waals surface area (Å²) in [6.45, 7) is 19.0. The molecule has 12 aromatic carbocycles. The van der Waals surface area contributed by atoms with Crippen molar-refractivity contribution >= 4 is 199 Å². The van der Waals surface area contributed by atoms with E-state index in [4.69, 9.17) is 37.4 Å². The highest BCUT2D eigenvalue weighted by Crippen LogP contribution is 2.34. The first kappa shape index (κ1) is 106. The molecule has 4 amide bonds. The molecule has 0 aliphatic carbocycles. The van der Waals surface area contributed by atoms with E-state index in [1.807, 2.05) is 129 Å². The van der Waals surface area contributed by atoms with Crippen LogP contribution in [0.5, 0.6) is 11.5 Å². The Hall–Kier alpha value is -13.3. The van der Waals surface area contributed by atoms with Crippen LogP contribution in [-0.4, -0.2) is 115 Å². The zero-order valence-electron chi connectivity index (χ0n) is 74.8. The van der Waals surface area contributed by atoms with Crippen molar-refractivity contribution in [3.8, 4) is 11.5 Å². The molecular formula is C98H92Cl2I3N11O21S. The molecule has 32 nitrogen and oxygen atoms in total. The molecule has 706 valence electrons. The molecule has 0 saturated carbocycles. The number of benzene rings is 12. The molecule has 0 atom stereocenters. The molecule has 14 rings (SSSR count). The van der Waals surface area contributed by atoms with Gasteiger partial charge in [-0.2, -0.15) is 0 Å². The second-order valence-electron chi connectivity index (χ2n) is 30.7. The van der Waals surface area contributed by atoms with Gasteiger partial charge in [0.05, 0.1) is 77.7 Å². The van der Waals surface area contributed by atoms with Gasteiger partial charge in [-0.15, -0.1) is 0 Å². The summed E-state index contributed by atoms with van der Waals surface area (Å²) in [5, 5.41) is 63.3. The van der Waals surface area contributed by atoms with Crippen LogP contribution in [0.4, 0.5) is 62.6 Å². The van der Waals surface area contributed by atoms with Crippen LogP contribution in [0.2, 0.25) is 10.0 Å². The molecule has 0 spiro atoms. The van der Waals surface area contributed by atoms with Gasteiger partial charge >= 0.3 is 0 Å². The summed E-state index contributed by atoms with van der Waals surface area (Å²) in [5.41, 5.74) is 12.5. The minimum absolute atomic E-state index is 0.0526. The van der Waals surface area contributed by atoms with Crippen LogP contribution in [0.3, 0.4) is 0 Å². The van der Waals surface area contributed by atoms with Gasteiger partial charge in [0, 0.05) is 159 Å². The van der Waals surface area contributed by atoms with E-state index < -0.39 is 34.6 Å². The fraction of sp³-hybridized carbons (Fsp3) is 0.204. The Balaban J connectivity index is 0.000000183. The molecule has 2 aliphatic rings. The number of sulfonamides is 1. The van der Waals surface area contributed by atoms with Crippen LogP contribution >= 0.6 is 91.0 Å². The third-order valence-corrected chi connectivity index (χ3v) is 26.6. The van der Waals surface area contributed by atoms with Crippen molar-refractivity contribution in [3.63, 3.8) is 0 Å². The number of ketones is 2. The molecule has 4 N–H and O–H groups in total. The topological polar surface area (TPSA) is 435 Å². The first-order chi connectivity index (χ1) is 64.6. The molecule has 2 aliphatic heterocycles. The number of hydrogen-bond donors (Lipinski definition) is 4. The van der Waals surface area contributed by atoms with Gasteiger partial charge in [-0.05, 0) is 314 Å². The Bertz CT molecular complexity index is 6600. The minimum atomic E-state index is -3.96. The number of hydrogen-bond acceptors (Lipinski definition) is 22. The highest BCUT2D eigenvalue weighted by molar-refractivity contribution is 14.1. The number of aryl methyl sites for hydroxylation is 6. The summed E-state index contributed by atoms with van der Waals surface area (Å²) in [6.07, 6.45) is 4.01. The number of anilines is 6. The fourth-order valence-electron chi connectivity index (χ4n) is 13.3. The summed E-state index contributed by atoms with van der Waals surface area (Å²) >= 11 is 18.2. The number of rotatable bonds is 26. The van der Waals surface area contributed by atoms with Crippen LogP contribution in [0.15, 0.2) is 241 Å². The molecule has 38 heteroatoms. The van der Waals surface area contributed by atoms with E-state index in [0.717, 1.165) is 87.4 Å². The second-order valence-corrected chi connectivity index (χ2v) is 36.7. The van der Waals surface area contributed by atoms with Crippen molar-refractivity contribution in [1.29, 1.82) is 0 Å². The van der Waals surface area contributed by atoms with Gasteiger partial charge < -0.3 is 40.0 Å². The lowest BCUT2D eigenvalue weighted by Crippen LogP contribution is -2.37. The third kappa shape index (κ3) is 30.4. The van der Waals surface area contributed by atoms with E-state index in [1.165, 1.54) is 84.9 Å². The number of unbranched alkanes of at least 4 members (excludes halogenated alkanes) is 1. The zero-order valence-corrected chi connectivity index (χ0v) is 83.6. The maximum Gasteiger partial charge on any atom is 0.273 e. The predicted octanol–water partition coefficient (Wildman–Crippen LogP) is 23.3. The number of nitro groups is 5. The largest absolute Gasteiger partial charge is 0.497 e. The molecule has 136 heavy (non-hydrogen) atoms. The molecular weight excluding hydrogens is 2150 g/mol. The Morgan fingerprint density at radius 2 is 1.02 bits per heavy atom. The number of nitro benzene ring substituents is 5. The number of halogens is 5. The van der Waals surface area contributed by atoms with E-state index in [2.05, 4.69) is 95.4 Å². The maximum atomic E-state index is 13.0. The third-order valence-electron chi connectivity index (χ3n) is 20.9. The predicted molar refractivity (Wildman–Crippen MR) is 550 cm³/mol. The first-order valence-electron chi connectivity index (χ1n) is 41.8. The number of morpholine rings is 1. The van der Waals surface area contributed by atoms with Crippen molar-refractivity contribution in [2.24, 2.45) is 0 Å². The Morgan fingerprint density at radius 1 is 0.478 bits per heavy atom. The van der Waals surface area contributed by atoms with Crippen molar-refractivity contribution in [3.05, 3.63) is 386 Å². The normalized spacial score (nSPS) is 11.8. The second kappa shape index (κ2) is 50.4. The SMILES string of the molecule is CCCCOc1ccc(C(=O)Cc2ccc(N3CCCC3=O)cc2)cc1.COc1ccc(C(=O)c2cc([N+](=O)[O-])ccc2N2CCOCC2)cc1.Cc1cc(NC(=O)c2ccc(C)c([N+](=O)[O-])c2)c(C)cc1I.Cc1cc(NC(=O)c2cccc([N+](=O)[O-])c2)ccc1I.Cc1cc(NC(=O)c2cccc([N+](=O)[O-])c2C)c(C)cc1I.O=[N+]([O-])c1cccc(S(=O)(=O)Nc2ccc(Cl)c(Cl)c2)c1. The number of carbonyl (C=O) groups excluding carboxylic acids is 6. The quantitative estimate of drug-likeness (QED) is 0.0129. The highest BCUT2D eigenvalue weighted by atomic mass is 127. The zero-order chi connectivity index (χ0) is 99.4. The molecule has 0 aromatic heterocycles. The smallest absolute Gasteiger partial charge is 0.273 e. The van der Waals surface area contributed by atoms with Crippen LogP contribution in [0.1, 0.15) is 134 Å². The number of nitrogens with one attached hydrogen (secondary N) is 4. The summed E-state index contributed by atoms with van der Waals surface area (Å²) in [6, 6.07) is 63.1. The fourth-order valence-corrected chi connectivity index (χ4v) is 16.3. The average molecular weight is 2240 g/mol. The van der Waals surface area contributed by atoms with Crippen molar-refractivity contribution in [2.75, 3.05) is 77.0 Å². The lowest BCUT2D eigenvalue weighted by Gasteiger charge is -2.30. The van der Waals surface area contributed by atoms with E-state index in [0.29, 0.717) is 108 Å². The minimum Gasteiger partial charge on any atom is -0.497 e.